The van der Waals surface area contributed by atoms with Crippen LogP contribution in [-0.4, -0.2) is 17.3 Å². The van der Waals surface area contributed by atoms with Crippen LogP contribution in [0.15, 0.2) is 0 Å². The third kappa shape index (κ3) is 0.700. The number of nitrogens with two attached hydrogens (primary N) is 1. The Labute approximate surface area is 55.1 Å². The lowest BCUT2D eigenvalue weighted by Gasteiger charge is -2.20. The molecule has 0 saturated heterocycles. The van der Waals surface area contributed by atoms with E-state index in [0.29, 0.717) is 17.9 Å². The van der Waals surface area contributed by atoms with Crippen LogP contribution in [0, 0.1) is 11.8 Å². The van der Waals surface area contributed by atoms with Gasteiger partial charge in [-0.15, -0.1) is 0 Å². The Bertz CT molecular complexity index is 108. The summed E-state index contributed by atoms with van der Waals surface area (Å²) in [6.45, 7) is 0. The lowest BCUT2D eigenvalue weighted by atomic mass is 9.94. The van der Waals surface area contributed by atoms with Crippen molar-refractivity contribution in [2.45, 2.75) is 31.4 Å². The number of hydrogen-bond acceptors (Lipinski definition) is 2. The Kier molecular flexibility index (Phi) is 1.08. The van der Waals surface area contributed by atoms with Crippen molar-refractivity contribution < 1.29 is 5.11 Å². The molecule has 4 atom stereocenters. The van der Waals surface area contributed by atoms with Crippen LogP contribution in [0.5, 0.6) is 0 Å². The maximum Gasteiger partial charge on any atom is 0.0572 e. The van der Waals surface area contributed by atoms with Gasteiger partial charge in [-0.2, -0.15) is 0 Å². The second-order valence-corrected chi connectivity index (χ2v) is 3.46. The highest BCUT2D eigenvalue weighted by molar-refractivity contribution is 4.97. The smallest absolute Gasteiger partial charge is 0.0572 e. The number of rotatable bonds is 0. The largest absolute Gasteiger partial charge is 0.393 e. The van der Waals surface area contributed by atoms with Gasteiger partial charge in [0, 0.05) is 6.04 Å². The molecule has 2 aliphatic carbocycles. The fraction of sp³-hybridized carbons (Fsp3) is 1.00. The number of aliphatic hydroxyl groups is 1. The maximum atomic E-state index is 9.28. The Morgan fingerprint density at radius 2 is 1.89 bits per heavy atom. The van der Waals surface area contributed by atoms with E-state index in [1.165, 1.54) is 6.42 Å². The summed E-state index contributed by atoms with van der Waals surface area (Å²) in [4.78, 5) is 0. The van der Waals surface area contributed by atoms with Gasteiger partial charge in [0.1, 0.15) is 0 Å². The molecule has 0 aromatic heterocycles. The van der Waals surface area contributed by atoms with E-state index < -0.39 is 0 Å². The lowest BCUT2D eigenvalue weighted by Crippen LogP contribution is -2.31. The Morgan fingerprint density at radius 1 is 1.11 bits per heavy atom. The standard InChI is InChI=1S/C7H13NO/c8-6-2-5-1-4(6)3-7(5)9/h4-7,9H,1-3,8H2/t4-,5+,6+,7+/m0/s1. The SMILES string of the molecule is N[C@@H]1C[C@H]2C[C@H]1C[C@H]2O. The molecule has 2 fully saturated rings. The molecule has 2 saturated carbocycles. The highest BCUT2D eigenvalue weighted by atomic mass is 16.3. The number of hydrogen-bond donors (Lipinski definition) is 2. The van der Waals surface area contributed by atoms with Crippen molar-refractivity contribution in [2.75, 3.05) is 0 Å². The molecule has 0 aliphatic heterocycles. The Morgan fingerprint density at radius 3 is 2.22 bits per heavy atom. The van der Waals surface area contributed by atoms with Crippen LogP contribution in [-0.2, 0) is 0 Å². The minimum Gasteiger partial charge on any atom is -0.393 e. The summed E-state index contributed by atoms with van der Waals surface area (Å²) in [7, 11) is 0. The maximum absolute atomic E-state index is 9.28. The van der Waals surface area contributed by atoms with E-state index in [0.717, 1.165) is 12.8 Å². The van der Waals surface area contributed by atoms with Gasteiger partial charge in [0.2, 0.25) is 0 Å². The van der Waals surface area contributed by atoms with Gasteiger partial charge in [0.25, 0.3) is 0 Å². The van der Waals surface area contributed by atoms with E-state index >= 15 is 0 Å². The first-order valence-corrected chi connectivity index (χ1v) is 3.71. The minimum atomic E-state index is -0.0187. The molecule has 2 rings (SSSR count). The first kappa shape index (κ1) is 5.69. The Balaban J connectivity index is 2.10. The molecule has 2 bridgehead atoms. The van der Waals surface area contributed by atoms with Crippen LogP contribution in [0.25, 0.3) is 0 Å². The molecule has 3 N–H and O–H groups in total. The molecule has 0 aromatic rings. The molecule has 2 aliphatic rings. The summed E-state index contributed by atoms with van der Waals surface area (Å²) < 4.78 is 0. The molecule has 2 nitrogen and oxygen atoms in total. The van der Waals surface area contributed by atoms with Crippen LogP contribution < -0.4 is 5.73 Å². The molecular formula is C7H13NO. The van der Waals surface area contributed by atoms with Crippen LogP contribution in [0.1, 0.15) is 19.3 Å². The number of aliphatic hydroxyl groups excluding tert-OH is 1. The predicted octanol–water partition coefficient (Wildman–Crippen LogP) is 0.104. The van der Waals surface area contributed by atoms with Gasteiger partial charge in [0.15, 0.2) is 0 Å². The van der Waals surface area contributed by atoms with Crippen LogP contribution >= 0.6 is 0 Å². The van der Waals surface area contributed by atoms with Crippen molar-refractivity contribution in [2.24, 2.45) is 17.6 Å². The second kappa shape index (κ2) is 1.70. The molecule has 0 unspecified atom stereocenters. The van der Waals surface area contributed by atoms with E-state index in [1.54, 1.807) is 0 Å². The average molecular weight is 127 g/mol. The van der Waals surface area contributed by atoms with Crippen molar-refractivity contribution in [3.05, 3.63) is 0 Å². The molecule has 0 amide bonds. The lowest BCUT2D eigenvalue weighted by molar-refractivity contribution is 0.108. The summed E-state index contributed by atoms with van der Waals surface area (Å²) in [6.07, 6.45) is 3.19. The molecule has 0 heterocycles. The zero-order chi connectivity index (χ0) is 6.43. The van der Waals surface area contributed by atoms with Crippen LogP contribution in [0.3, 0.4) is 0 Å². The van der Waals surface area contributed by atoms with Gasteiger partial charge in [0.05, 0.1) is 6.10 Å². The zero-order valence-electron chi connectivity index (χ0n) is 5.46. The fourth-order valence-electron chi connectivity index (χ4n) is 2.29. The second-order valence-electron chi connectivity index (χ2n) is 3.46. The van der Waals surface area contributed by atoms with Gasteiger partial charge in [-0.05, 0) is 31.1 Å². The zero-order valence-corrected chi connectivity index (χ0v) is 5.46. The van der Waals surface area contributed by atoms with E-state index in [2.05, 4.69) is 0 Å². The molecule has 9 heavy (non-hydrogen) atoms. The van der Waals surface area contributed by atoms with Crippen molar-refractivity contribution in [1.82, 2.24) is 0 Å². The van der Waals surface area contributed by atoms with E-state index in [9.17, 15) is 5.11 Å². The normalized spacial score (nSPS) is 56.7. The van der Waals surface area contributed by atoms with Crippen molar-refractivity contribution in [1.29, 1.82) is 0 Å². The monoisotopic (exact) mass is 127 g/mol. The summed E-state index contributed by atoms with van der Waals surface area (Å²) in [5, 5.41) is 9.28. The van der Waals surface area contributed by atoms with E-state index in [1.807, 2.05) is 0 Å². The third-order valence-corrected chi connectivity index (χ3v) is 2.87. The minimum absolute atomic E-state index is 0.0187. The fourth-order valence-corrected chi connectivity index (χ4v) is 2.29. The quantitative estimate of drug-likeness (QED) is 0.485. The van der Waals surface area contributed by atoms with Crippen LogP contribution in [0.2, 0.25) is 0 Å². The van der Waals surface area contributed by atoms with Gasteiger partial charge in [-0.3, -0.25) is 0 Å². The molecule has 0 aromatic carbocycles. The first-order valence-electron chi connectivity index (χ1n) is 3.71. The van der Waals surface area contributed by atoms with Gasteiger partial charge < -0.3 is 10.8 Å². The first-order chi connectivity index (χ1) is 4.27. The Hall–Kier alpha value is -0.0800. The molecule has 52 valence electrons. The topological polar surface area (TPSA) is 46.2 Å². The van der Waals surface area contributed by atoms with Crippen molar-refractivity contribution in [3.63, 3.8) is 0 Å². The molecular weight excluding hydrogens is 114 g/mol. The van der Waals surface area contributed by atoms with Crippen LogP contribution in [0.4, 0.5) is 0 Å². The average Bonchev–Trinajstić information content (AvgIpc) is 2.24. The molecule has 0 spiro atoms. The highest BCUT2D eigenvalue weighted by Crippen LogP contribution is 2.43. The van der Waals surface area contributed by atoms with Crippen molar-refractivity contribution >= 4 is 0 Å². The summed E-state index contributed by atoms with van der Waals surface area (Å²) in [5.41, 5.74) is 5.77. The van der Waals surface area contributed by atoms with Gasteiger partial charge in [-0.25, -0.2) is 0 Å². The van der Waals surface area contributed by atoms with E-state index in [-0.39, 0.29) is 6.10 Å². The predicted molar refractivity (Wildman–Crippen MR) is 34.8 cm³/mol. The van der Waals surface area contributed by atoms with E-state index in [4.69, 9.17) is 5.73 Å². The number of fused-ring (bicyclic) bond motifs is 2. The van der Waals surface area contributed by atoms with Crippen molar-refractivity contribution in [3.8, 4) is 0 Å². The third-order valence-electron chi connectivity index (χ3n) is 2.87. The highest BCUT2D eigenvalue weighted by Gasteiger charge is 2.43. The summed E-state index contributed by atoms with van der Waals surface area (Å²) in [5.74, 6) is 1.19. The summed E-state index contributed by atoms with van der Waals surface area (Å²) >= 11 is 0. The molecule has 2 heteroatoms. The molecule has 0 radical (unpaired) electrons. The summed E-state index contributed by atoms with van der Waals surface area (Å²) in [6, 6.07) is 0.401. The van der Waals surface area contributed by atoms with Gasteiger partial charge >= 0.3 is 0 Å². The van der Waals surface area contributed by atoms with Gasteiger partial charge in [-0.1, -0.05) is 0 Å².